The number of hydrogen-bond acceptors (Lipinski definition) is 26. The molecule has 0 bridgehead atoms. The highest BCUT2D eigenvalue weighted by atomic mass is 79.9. The van der Waals surface area contributed by atoms with Crippen molar-refractivity contribution in [2.24, 2.45) is 42.3 Å². The second kappa shape index (κ2) is 33.6. The van der Waals surface area contributed by atoms with Crippen LogP contribution >= 0.6 is 15.9 Å². The molecule has 1 saturated heterocycles. The van der Waals surface area contributed by atoms with Crippen LogP contribution in [0.2, 0.25) is 0 Å². The van der Waals surface area contributed by atoms with Crippen LogP contribution in [0.25, 0.3) is 90.3 Å². The topological polar surface area (TPSA) is 387 Å². The van der Waals surface area contributed by atoms with Crippen LogP contribution in [0, 0.1) is 20.8 Å². The van der Waals surface area contributed by atoms with Gasteiger partial charge in [-0.25, -0.2) is 44.9 Å². The summed E-state index contributed by atoms with van der Waals surface area (Å²) >= 11 is 3.25. The van der Waals surface area contributed by atoms with Crippen molar-refractivity contribution in [3.8, 4) is 125 Å². The van der Waals surface area contributed by atoms with E-state index in [4.69, 9.17) is 72.6 Å². The molecule has 0 unspecified atom stereocenters. The Labute approximate surface area is 633 Å². The third-order valence-electron chi connectivity index (χ3n) is 17.3. The predicted octanol–water partition coefficient (Wildman–Crippen LogP) is 6.15. The zero-order valence-electron chi connectivity index (χ0n) is 62.7. The van der Waals surface area contributed by atoms with Crippen molar-refractivity contribution in [3.63, 3.8) is 0 Å². The zero-order valence-corrected chi connectivity index (χ0v) is 64.3. The van der Waals surface area contributed by atoms with E-state index in [0.717, 1.165) is 39.5 Å². The summed E-state index contributed by atoms with van der Waals surface area (Å²) in [5, 5.41) is 13.0. The summed E-state index contributed by atoms with van der Waals surface area (Å²) in [6.07, 6.45) is 15.3. The van der Waals surface area contributed by atoms with E-state index in [9.17, 15) is 14.4 Å². The molecule has 1 fully saturated rings. The highest BCUT2D eigenvalue weighted by Gasteiger charge is 2.52. The van der Waals surface area contributed by atoms with Crippen molar-refractivity contribution in [2.45, 2.75) is 59.7 Å². The van der Waals surface area contributed by atoms with Gasteiger partial charge in [0.05, 0.1) is 112 Å². The molecule has 0 spiro atoms. The molecular formula is C72H84B3BrN21O11-. The fourth-order valence-electron chi connectivity index (χ4n) is 11.0. The van der Waals surface area contributed by atoms with E-state index in [1.807, 2.05) is 88.2 Å². The number of hydrogen-bond donors (Lipinski definition) is 3. The van der Waals surface area contributed by atoms with E-state index >= 15 is 0 Å². The second-order valence-electron chi connectivity index (χ2n) is 25.4. The number of nitrogen functional groups attached to an aromatic ring is 3. The van der Waals surface area contributed by atoms with E-state index in [2.05, 4.69) is 66.1 Å². The maximum absolute atomic E-state index is 12.9. The third-order valence-corrected chi connectivity index (χ3v) is 17.9. The quantitative estimate of drug-likeness (QED) is 0.0968. The van der Waals surface area contributed by atoms with Gasteiger partial charge in [0.15, 0.2) is 17.5 Å². The molecule has 0 saturated carbocycles. The number of nitrogens with two attached hydrogens (primary N) is 3. The van der Waals surface area contributed by atoms with Gasteiger partial charge in [-0.15, -0.1) is 0 Å². The Morgan fingerprint density at radius 2 is 0.685 bits per heavy atom. The fraction of sp³-hybridized carbons (Fsp3) is 0.292. The van der Waals surface area contributed by atoms with E-state index < -0.39 is 18.3 Å². The molecule has 9 aromatic heterocycles. The SMILES string of the molecule is COc1cc(OC)cc(-c2nc(-c3nc(-c4cn(C)nc4C)cnc3N)cn(C)c2=O)c1.COc1cc(OC)cc(-c2nc(-c3nc(-c4cn(C)nc4C)cnc3N)cn(C)c2=O)c1.COc1cc(OC)cc(-c2nc(B3OC(C)(C)C(C)(C)O3)cn(C)c2=O)c1.Cc1nn(C)cc1-c1cnc(N)c(Br)n1.[B][BH3-]. The molecule has 1 aliphatic rings. The van der Waals surface area contributed by atoms with Gasteiger partial charge in [-0.2, -0.15) is 23.0 Å². The summed E-state index contributed by atoms with van der Waals surface area (Å²) in [7, 11) is 24.2. The number of anilines is 3. The Hall–Kier alpha value is -12.0. The largest absolute Gasteiger partial charge is 0.516 e. The summed E-state index contributed by atoms with van der Waals surface area (Å²) in [5.41, 5.74) is 27.8. The summed E-state index contributed by atoms with van der Waals surface area (Å²) in [6, 6.07) is 15.6. The number of aryl methyl sites for hydroxylation is 9. The molecule has 13 rings (SSSR count). The third kappa shape index (κ3) is 17.7. The first kappa shape index (κ1) is 80.1. The van der Waals surface area contributed by atoms with Gasteiger partial charge >= 0.3 is 7.12 Å². The van der Waals surface area contributed by atoms with E-state index in [1.54, 1.807) is 170 Å². The maximum atomic E-state index is 12.9. The molecule has 10 heterocycles. The van der Waals surface area contributed by atoms with Crippen molar-refractivity contribution < 1.29 is 37.7 Å². The molecule has 108 heavy (non-hydrogen) atoms. The molecule has 6 N–H and O–H groups in total. The van der Waals surface area contributed by atoms with Gasteiger partial charge in [0.25, 0.3) is 16.7 Å². The molecule has 0 aliphatic carbocycles. The lowest BCUT2D eigenvalue weighted by molar-refractivity contribution is 0.00578. The normalized spacial score (nSPS) is 12.4. The molecule has 3 aromatic carbocycles. The van der Waals surface area contributed by atoms with Gasteiger partial charge in [-0.1, -0.05) is 7.74 Å². The lowest BCUT2D eigenvalue weighted by Crippen LogP contribution is -2.41. The van der Waals surface area contributed by atoms with Crippen LogP contribution in [-0.2, 0) is 51.6 Å². The van der Waals surface area contributed by atoms with E-state index in [1.165, 1.54) is 13.7 Å². The van der Waals surface area contributed by atoms with Crippen LogP contribution in [-0.4, -0.2) is 164 Å². The zero-order chi connectivity index (χ0) is 79.0. The van der Waals surface area contributed by atoms with Gasteiger partial charge in [0, 0.05) is 131 Å². The van der Waals surface area contributed by atoms with Crippen molar-refractivity contribution in [1.29, 1.82) is 0 Å². The summed E-state index contributed by atoms with van der Waals surface area (Å²) in [5.74, 6) is 4.13. The monoisotopic (exact) mass is 1530 g/mol. The number of methoxy groups -OCH3 is 6. The Kier molecular flexibility index (Phi) is 24.9. The summed E-state index contributed by atoms with van der Waals surface area (Å²) in [6.45, 7) is 13.6. The fourth-order valence-corrected chi connectivity index (χ4v) is 11.3. The number of benzene rings is 3. The number of halogens is 1. The summed E-state index contributed by atoms with van der Waals surface area (Å²) in [4.78, 5) is 78.6. The van der Waals surface area contributed by atoms with Gasteiger partial charge in [-0.3, -0.25) is 28.4 Å². The van der Waals surface area contributed by atoms with Crippen LogP contribution in [0.4, 0.5) is 17.5 Å². The molecule has 32 nitrogen and oxygen atoms in total. The molecule has 12 aromatic rings. The second-order valence-corrected chi connectivity index (χ2v) is 26.2. The summed E-state index contributed by atoms with van der Waals surface area (Å²) < 4.78 is 54.2. The highest BCUT2D eigenvalue weighted by molar-refractivity contribution is 9.10. The van der Waals surface area contributed by atoms with Gasteiger partial charge in [0.1, 0.15) is 79.0 Å². The van der Waals surface area contributed by atoms with Gasteiger partial charge in [-0.05, 0) is 101 Å². The molecule has 0 amide bonds. The number of ether oxygens (including phenoxy) is 6. The van der Waals surface area contributed by atoms with Crippen molar-refractivity contribution >= 4 is 61.6 Å². The Balaban J connectivity index is 0.000000169. The van der Waals surface area contributed by atoms with Crippen molar-refractivity contribution in [1.82, 2.24) is 87.9 Å². The first-order valence-corrected chi connectivity index (χ1v) is 33.4. The molecule has 36 heteroatoms. The predicted molar refractivity (Wildman–Crippen MR) is 421 cm³/mol. The van der Waals surface area contributed by atoms with Crippen LogP contribution in [0.15, 0.2) is 129 Å². The van der Waals surface area contributed by atoms with Crippen LogP contribution < -0.4 is 67.9 Å². The minimum atomic E-state index is -0.659. The van der Waals surface area contributed by atoms with Crippen LogP contribution in [0.1, 0.15) is 44.8 Å². The standard InChI is InChI=1S/2C22H23N7O3.C19H25BN2O5.C9H10BrN5.B2H3/c2*1-12-16(10-29(3)27-12)17-9-24-21(23)20(25-17)18-11-28(2)22(30)19(26-18)13-6-14(31-4)8-15(7-13)32-5;1-18(2)19(3,4)27-20(26-18)15-11-22(5)17(23)16(21-15)12-8-13(24-6)10-14(9-12)25-7;1-5-6(4-15(2)14-5)7-3-12-9(11)8(10)13-7;1-2/h2*6-11H,1-5H3,(H2,23,24);8-11H,1-7H3;3-4H,1-2H3,(H2,11,12);1H3/q;;;;-1. The first-order valence-electron chi connectivity index (χ1n) is 32.6. The first-order chi connectivity index (χ1) is 51.2. The highest BCUT2D eigenvalue weighted by Crippen LogP contribution is 2.38. The average molecular weight is 1530 g/mol. The maximum Gasteiger partial charge on any atom is 0.516 e. The van der Waals surface area contributed by atoms with Crippen LogP contribution in [0.3, 0.4) is 0 Å². The van der Waals surface area contributed by atoms with Crippen molar-refractivity contribution in [2.75, 3.05) is 59.9 Å². The number of aromatic nitrogens is 18. The minimum absolute atomic E-state index is 0.204. The minimum Gasteiger partial charge on any atom is -0.497 e. The lowest BCUT2D eigenvalue weighted by atomic mass is 9.81. The lowest BCUT2D eigenvalue weighted by Gasteiger charge is -2.32. The molecule has 2 radical (unpaired) electrons. The van der Waals surface area contributed by atoms with Crippen molar-refractivity contribution in [3.05, 3.63) is 163 Å². The molecule has 0 atom stereocenters. The molecule has 1 aliphatic heterocycles. The Morgan fingerprint density at radius 3 is 0.972 bits per heavy atom. The van der Waals surface area contributed by atoms with Gasteiger partial charge in [0.2, 0.25) is 0 Å². The smallest absolute Gasteiger partial charge is 0.497 e. The van der Waals surface area contributed by atoms with E-state index in [0.29, 0.717) is 101 Å². The Bertz CT molecular complexity index is 5200. The molecular weight excluding hydrogens is 1450 g/mol. The molecule has 560 valence electrons. The van der Waals surface area contributed by atoms with Crippen LogP contribution in [0.5, 0.6) is 34.5 Å². The number of rotatable bonds is 15. The Morgan fingerprint density at radius 1 is 0.407 bits per heavy atom. The van der Waals surface area contributed by atoms with Gasteiger partial charge < -0.3 is 68.6 Å². The number of nitrogens with zero attached hydrogens (tertiary/aromatic N) is 18. The van der Waals surface area contributed by atoms with E-state index in [-0.39, 0.29) is 53.1 Å². The average Bonchev–Trinajstić information content (AvgIpc) is 1.53.